The average Bonchev–Trinajstić information content (AvgIpc) is 2.83. The summed E-state index contributed by atoms with van der Waals surface area (Å²) < 4.78 is 0. The van der Waals surface area contributed by atoms with Gasteiger partial charge in [0.1, 0.15) is 10.3 Å². The Labute approximate surface area is 137 Å². The monoisotopic (exact) mass is 341 g/mol. The fourth-order valence-corrected chi connectivity index (χ4v) is 2.46. The van der Waals surface area contributed by atoms with E-state index in [0.29, 0.717) is 37.8 Å². The molecule has 0 radical (unpaired) electrons. The summed E-state index contributed by atoms with van der Waals surface area (Å²) in [7, 11) is 0. The first-order valence-electron chi connectivity index (χ1n) is 7.01. The van der Waals surface area contributed by atoms with Crippen LogP contribution in [-0.2, 0) is 11.3 Å². The standard InChI is InChI=1S/C13H16ClN5O4/c14-11-4-3-10(8-15-11)9-18-7-6-17(5-1-2-12(20)21)13(18)16-19(22)23/h3-4,8H,1-2,5-7,9H2,(H,20,21)/b16-13+. The Kier molecular flexibility index (Phi) is 5.69. The molecule has 0 aromatic carbocycles. The van der Waals surface area contributed by atoms with E-state index in [1.807, 2.05) is 0 Å². The van der Waals surface area contributed by atoms with Crippen molar-refractivity contribution in [2.45, 2.75) is 19.4 Å². The predicted octanol–water partition coefficient (Wildman–Crippen LogP) is 1.27. The molecule has 1 aromatic heterocycles. The minimum atomic E-state index is -0.888. The van der Waals surface area contributed by atoms with Crippen molar-refractivity contribution in [1.29, 1.82) is 0 Å². The smallest absolute Gasteiger partial charge is 0.303 e. The molecular formula is C13H16ClN5O4. The summed E-state index contributed by atoms with van der Waals surface area (Å²) in [6.07, 6.45) is 2.03. The third-order valence-corrected chi connectivity index (χ3v) is 3.58. The second-order valence-electron chi connectivity index (χ2n) is 5.03. The lowest BCUT2D eigenvalue weighted by Gasteiger charge is -2.20. The number of hydrogen-bond acceptors (Lipinski definition) is 4. The van der Waals surface area contributed by atoms with Crippen molar-refractivity contribution < 1.29 is 14.9 Å². The summed E-state index contributed by atoms with van der Waals surface area (Å²) in [5, 5.41) is 22.5. The molecule has 2 heterocycles. The van der Waals surface area contributed by atoms with Gasteiger partial charge < -0.3 is 14.9 Å². The molecule has 0 unspecified atom stereocenters. The van der Waals surface area contributed by atoms with Gasteiger partial charge in [-0.3, -0.25) is 4.79 Å². The van der Waals surface area contributed by atoms with Crippen molar-refractivity contribution in [1.82, 2.24) is 14.8 Å². The Morgan fingerprint density at radius 3 is 2.78 bits per heavy atom. The van der Waals surface area contributed by atoms with E-state index in [9.17, 15) is 14.9 Å². The van der Waals surface area contributed by atoms with E-state index in [4.69, 9.17) is 16.7 Å². The number of carboxylic acid groups (broad SMARTS) is 1. The molecule has 2 rings (SSSR count). The molecule has 1 N–H and O–H groups in total. The molecule has 1 saturated heterocycles. The number of nitrogens with zero attached hydrogens (tertiary/aromatic N) is 5. The van der Waals surface area contributed by atoms with Crippen LogP contribution in [-0.4, -0.2) is 56.5 Å². The largest absolute Gasteiger partial charge is 0.481 e. The molecule has 1 fully saturated rings. The van der Waals surface area contributed by atoms with Gasteiger partial charge in [0.2, 0.25) is 0 Å². The number of halogens is 1. The first-order chi connectivity index (χ1) is 11.0. The van der Waals surface area contributed by atoms with E-state index >= 15 is 0 Å². The van der Waals surface area contributed by atoms with Crippen molar-refractivity contribution in [3.8, 4) is 0 Å². The maximum Gasteiger partial charge on any atom is 0.303 e. The molecular weight excluding hydrogens is 326 g/mol. The van der Waals surface area contributed by atoms with Crippen molar-refractivity contribution in [3.63, 3.8) is 0 Å². The molecule has 10 heteroatoms. The number of carboxylic acids is 1. The molecule has 0 amide bonds. The van der Waals surface area contributed by atoms with E-state index in [1.54, 1.807) is 28.1 Å². The maximum atomic E-state index is 10.8. The van der Waals surface area contributed by atoms with Crippen LogP contribution in [0, 0.1) is 10.1 Å². The fraction of sp³-hybridized carbons (Fsp3) is 0.462. The van der Waals surface area contributed by atoms with Crippen molar-refractivity contribution >= 4 is 23.5 Å². The number of hydrogen-bond donors (Lipinski definition) is 1. The number of rotatable bonds is 7. The van der Waals surface area contributed by atoms with E-state index < -0.39 is 11.0 Å². The quantitative estimate of drug-likeness (QED) is 0.451. The number of pyridine rings is 1. The van der Waals surface area contributed by atoms with E-state index in [1.165, 1.54) is 0 Å². The van der Waals surface area contributed by atoms with E-state index in [0.717, 1.165) is 5.56 Å². The van der Waals surface area contributed by atoms with Gasteiger partial charge >= 0.3 is 5.97 Å². The molecule has 0 bridgehead atoms. The van der Waals surface area contributed by atoms with Gasteiger partial charge in [0, 0.05) is 38.8 Å². The normalized spacial score (nSPS) is 16.1. The number of aliphatic carboxylic acids is 1. The van der Waals surface area contributed by atoms with Gasteiger partial charge in [-0.05, 0) is 18.1 Å². The Balaban J connectivity index is 2.05. The third kappa shape index (κ3) is 5.06. The van der Waals surface area contributed by atoms with E-state index in [-0.39, 0.29) is 12.4 Å². The highest BCUT2D eigenvalue weighted by atomic mass is 35.5. The molecule has 0 spiro atoms. The highest BCUT2D eigenvalue weighted by molar-refractivity contribution is 6.29. The van der Waals surface area contributed by atoms with Crippen LogP contribution in [0.3, 0.4) is 0 Å². The molecule has 0 atom stereocenters. The van der Waals surface area contributed by atoms with Crippen molar-refractivity contribution in [3.05, 3.63) is 39.2 Å². The second-order valence-corrected chi connectivity index (χ2v) is 5.42. The van der Waals surface area contributed by atoms with Crippen LogP contribution in [0.5, 0.6) is 0 Å². The van der Waals surface area contributed by atoms with Crippen LogP contribution in [0.4, 0.5) is 0 Å². The number of hydrazone groups is 1. The summed E-state index contributed by atoms with van der Waals surface area (Å²) in [6.45, 7) is 1.97. The SMILES string of the molecule is O=C(O)CCCN1CCN(Cc2ccc(Cl)nc2)/C1=N/[N+](=O)[O-]. The van der Waals surface area contributed by atoms with Crippen molar-refractivity contribution in [2.75, 3.05) is 19.6 Å². The van der Waals surface area contributed by atoms with Gasteiger partial charge in [0.15, 0.2) is 5.03 Å². The lowest BCUT2D eigenvalue weighted by Crippen LogP contribution is -2.35. The topological polar surface area (TPSA) is 112 Å². The summed E-state index contributed by atoms with van der Waals surface area (Å²) in [5.41, 5.74) is 0.859. The Morgan fingerprint density at radius 2 is 2.17 bits per heavy atom. The minimum absolute atomic E-state index is 0.0172. The molecule has 1 aromatic rings. The Morgan fingerprint density at radius 1 is 1.43 bits per heavy atom. The van der Waals surface area contributed by atoms with Gasteiger partial charge in [-0.2, -0.15) is 0 Å². The van der Waals surface area contributed by atoms with Crippen LogP contribution in [0.1, 0.15) is 18.4 Å². The maximum absolute atomic E-state index is 10.8. The molecule has 23 heavy (non-hydrogen) atoms. The zero-order valence-electron chi connectivity index (χ0n) is 12.3. The second kappa shape index (κ2) is 7.73. The summed E-state index contributed by atoms with van der Waals surface area (Å²) in [5.74, 6) is -0.642. The van der Waals surface area contributed by atoms with Crippen molar-refractivity contribution in [2.24, 2.45) is 5.10 Å². The minimum Gasteiger partial charge on any atom is -0.481 e. The number of nitro groups is 1. The molecule has 1 aliphatic heterocycles. The van der Waals surface area contributed by atoms with Crippen LogP contribution in [0.2, 0.25) is 5.15 Å². The van der Waals surface area contributed by atoms with Gasteiger partial charge in [0.25, 0.3) is 5.96 Å². The van der Waals surface area contributed by atoms with Crippen LogP contribution >= 0.6 is 11.6 Å². The lowest BCUT2D eigenvalue weighted by atomic mass is 10.3. The van der Waals surface area contributed by atoms with Gasteiger partial charge in [-0.15, -0.1) is 0 Å². The van der Waals surface area contributed by atoms with Crippen LogP contribution in [0.25, 0.3) is 0 Å². The molecule has 124 valence electrons. The zero-order valence-corrected chi connectivity index (χ0v) is 13.0. The fourth-order valence-electron chi connectivity index (χ4n) is 2.34. The van der Waals surface area contributed by atoms with Gasteiger partial charge in [0.05, 0.1) is 0 Å². The highest BCUT2D eigenvalue weighted by Crippen LogP contribution is 2.15. The molecule has 1 aliphatic rings. The lowest BCUT2D eigenvalue weighted by molar-refractivity contribution is -0.486. The van der Waals surface area contributed by atoms with Gasteiger partial charge in [-0.25, -0.2) is 15.1 Å². The number of guanidine groups is 1. The molecule has 0 saturated carbocycles. The first-order valence-corrected chi connectivity index (χ1v) is 7.38. The van der Waals surface area contributed by atoms with Crippen LogP contribution < -0.4 is 0 Å². The first kappa shape index (κ1) is 16.9. The number of carbonyl (C=O) groups is 1. The highest BCUT2D eigenvalue weighted by Gasteiger charge is 2.29. The Bertz CT molecular complexity index is 607. The number of aromatic nitrogens is 1. The van der Waals surface area contributed by atoms with Gasteiger partial charge in [-0.1, -0.05) is 17.7 Å². The summed E-state index contributed by atoms with van der Waals surface area (Å²) in [4.78, 5) is 28.8. The third-order valence-electron chi connectivity index (χ3n) is 3.36. The zero-order chi connectivity index (χ0) is 16.8. The van der Waals surface area contributed by atoms with Crippen LogP contribution in [0.15, 0.2) is 23.4 Å². The molecule has 9 nitrogen and oxygen atoms in total. The van der Waals surface area contributed by atoms with E-state index in [2.05, 4.69) is 10.1 Å². The summed E-state index contributed by atoms with van der Waals surface area (Å²) >= 11 is 5.74. The average molecular weight is 342 g/mol. The Hall–Kier alpha value is -2.42. The summed E-state index contributed by atoms with van der Waals surface area (Å²) in [6, 6.07) is 3.45. The predicted molar refractivity (Wildman–Crippen MR) is 82.5 cm³/mol. The molecule has 0 aliphatic carbocycles.